The molecule has 1 aromatic carbocycles. The van der Waals surface area contributed by atoms with Gasteiger partial charge in [0.2, 0.25) is 0 Å². The Labute approximate surface area is 191 Å². The maximum absolute atomic E-state index is 12.7. The molecule has 1 aliphatic heterocycles. The van der Waals surface area contributed by atoms with Crippen molar-refractivity contribution in [2.75, 3.05) is 7.11 Å². The van der Waals surface area contributed by atoms with E-state index in [0.29, 0.717) is 29.6 Å². The number of methoxy groups -OCH3 is 1. The number of hydrogen-bond donors (Lipinski definition) is 0. The molecular formula is C24H34BClO5. The quantitative estimate of drug-likeness (QED) is 0.358. The Morgan fingerprint density at radius 2 is 2.00 bits per heavy atom. The second-order valence-electron chi connectivity index (χ2n) is 11.1. The summed E-state index contributed by atoms with van der Waals surface area (Å²) in [5.74, 6) is 1.26. The first-order chi connectivity index (χ1) is 14.4. The maximum atomic E-state index is 12.7. The van der Waals surface area contributed by atoms with E-state index in [1.165, 1.54) is 6.42 Å². The topological polar surface area (TPSA) is 54.0 Å². The minimum atomic E-state index is -0.584. The summed E-state index contributed by atoms with van der Waals surface area (Å²) < 4.78 is 24.0. The van der Waals surface area contributed by atoms with Crippen LogP contribution in [0.2, 0.25) is 0 Å². The molecule has 5 atom stereocenters. The van der Waals surface area contributed by atoms with Crippen molar-refractivity contribution in [3.05, 3.63) is 29.3 Å². The highest BCUT2D eigenvalue weighted by molar-refractivity contribution is 6.60. The number of benzene rings is 1. The van der Waals surface area contributed by atoms with Gasteiger partial charge >= 0.3 is 13.1 Å². The van der Waals surface area contributed by atoms with Crippen LogP contribution in [0, 0.1) is 17.3 Å². The van der Waals surface area contributed by atoms with Gasteiger partial charge in [-0.05, 0) is 75.8 Å². The van der Waals surface area contributed by atoms with Gasteiger partial charge in [0.25, 0.3) is 0 Å². The molecule has 1 saturated heterocycles. The van der Waals surface area contributed by atoms with E-state index in [9.17, 15) is 4.79 Å². The molecular weight excluding hydrogens is 415 g/mol. The van der Waals surface area contributed by atoms with Gasteiger partial charge in [0.1, 0.15) is 16.9 Å². The molecule has 4 fully saturated rings. The van der Waals surface area contributed by atoms with Crippen LogP contribution in [0.4, 0.5) is 0 Å². The molecule has 3 aliphatic carbocycles. The number of halogens is 1. The Hall–Kier alpha value is -1.24. The summed E-state index contributed by atoms with van der Waals surface area (Å²) in [5.41, 5.74) is 0.645. The Kier molecular flexibility index (Phi) is 5.68. The fourth-order valence-corrected chi connectivity index (χ4v) is 6.12. The number of carbonyl (C=O) groups excluding carboxylic acids is 1. The van der Waals surface area contributed by atoms with E-state index >= 15 is 0 Å². The Morgan fingerprint density at radius 3 is 2.61 bits per heavy atom. The van der Waals surface area contributed by atoms with Crippen LogP contribution in [0.25, 0.3) is 0 Å². The molecule has 5 rings (SSSR count). The zero-order valence-electron chi connectivity index (χ0n) is 19.7. The first kappa shape index (κ1) is 22.9. The van der Waals surface area contributed by atoms with Crippen molar-refractivity contribution < 1.29 is 23.6 Å². The summed E-state index contributed by atoms with van der Waals surface area (Å²) in [6, 6.07) is 5.47. The molecule has 1 heterocycles. The van der Waals surface area contributed by atoms with E-state index in [0.717, 1.165) is 12.0 Å². The van der Waals surface area contributed by atoms with Crippen molar-refractivity contribution in [2.45, 2.75) is 83.4 Å². The van der Waals surface area contributed by atoms with Gasteiger partial charge in [-0.15, -0.1) is 11.6 Å². The fraction of sp³-hybridized carbons (Fsp3) is 0.708. The number of hydrogen-bond acceptors (Lipinski definition) is 5. The van der Waals surface area contributed by atoms with E-state index in [2.05, 4.69) is 20.8 Å². The number of alkyl halides is 1. The Balaban J connectivity index is 1.50. The molecule has 1 aromatic rings. The maximum Gasteiger partial charge on any atom is 0.477 e. The number of rotatable bonds is 5. The van der Waals surface area contributed by atoms with Crippen LogP contribution in [-0.2, 0) is 20.5 Å². The minimum absolute atomic E-state index is 0.0884. The van der Waals surface area contributed by atoms with Crippen LogP contribution in [0.3, 0.4) is 0 Å². The molecule has 0 unspecified atom stereocenters. The minimum Gasteiger partial charge on any atom is -0.496 e. The SMILES string of the molecule is COc1c(C[C@H](Cl)B2O[C@@H]3C[C@@H]4C[C@@H](C4(C)C)[C@]3(C)O2)cccc1C(=O)OC(C)(C)C. The Morgan fingerprint density at radius 1 is 1.29 bits per heavy atom. The van der Waals surface area contributed by atoms with Gasteiger partial charge in [-0.1, -0.05) is 26.0 Å². The van der Waals surface area contributed by atoms with Gasteiger partial charge in [-0.3, -0.25) is 0 Å². The normalized spacial score (nSPS) is 32.1. The number of esters is 1. The molecule has 4 aliphatic rings. The first-order valence-corrected chi connectivity index (χ1v) is 11.7. The smallest absolute Gasteiger partial charge is 0.477 e. The average molecular weight is 449 g/mol. The third kappa shape index (κ3) is 3.89. The molecule has 0 spiro atoms. The third-order valence-electron chi connectivity index (χ3n) is 7.60. The van der Waals surface area contributed by atoms with E-state index in [-0.39, 0.29) is 17.1 Å². The summed E-state index contributed by atoms with van der Waals surface area (Å²) in [6.07, 6.45) is 2.78. The zero-order chi connectivity index (χ0) is 22.8. The number of ether oxygens (including phenoxy) is 2. The molecule has 7 heteroatoms. The van der Waals surface area contributed by atoms with Gasteiger partial charge in [-0.25, -0.2) is 4.79 Å². The van der Waals surface area contributed by atoms with Crippen LogP contribution in [0.1, 0.15) is 70.3 Å². The van der Waals surface area contributed by atoms with E-state index in [1.807, 2.05) is 32.9 Å². The van der Waals surface area contributed by atoms with Crippen molar-refractivity contribution in [3.8, 4) is 5.75 Å². The lowest BCUT2D eigenvalue weighted by atomic mass is 9.43. The van der Waals surface area contributed by atoms with Crippen molar-refractivity contribution in [1.82, 2.24) is 0 Å². The monoisotopic (exact) mass is 448 g/mol. The fourth-order valence-electron chi connectivity index (χ4n) is 5.84. The summed E-state index contributed by atoms with van der Waals surface area (Å²) in [6.45, 7) is 12.4. The summed E-state index contributed by atoms with van der Waals surface area (Å²) in [7, 11) is 1.07. The predicted octanol–water partition coefficient (Wildman–Crippen LogP) is 5.07. The van der Waals surface area contributed by atoms with Gasteiger partial charge < -0.3 is 18.8 Å². The number of carbonyl (C=O) groups is 1. The van der Waals surface area contributed by atoms with Crippen LogP contribution in [-0.4, -0.2) is 42.8 Å². The Bertz CT molecular complexity index is 866. The average Bonchev–Trinajstić information content (AvgIpc) is 3.03. The van der Waals surface area contributed by atoms with E-state index in [4.69, 9.17) is 30.4 Å². The van der Waals surface area contributed by atoms with Gasteiger partial charge in [0.05, 0.1) is 24.1 Å². The summed E-state index contributed by atoms with van der Waals surface area (Å²) in [5, 5.41) is -0.398. The predicted molar refractivity (Wildman–Crippen MR) is 122 cm³/mol. The zero-order valence-corrected chi connectivity index (χ0v) is 20.4. The van der Waals surface area contributed by atoms with E-state index < -0.39 is 24.0 Å². The number of para-hydroxylation sites is 1. The van der Waals surface area contributed by atoms with E-state index in [1.54, 1.807) is 13.2 Å². The highest BCUT2D eigenvalue weighted by atomic mass is 35.5. The standard InChI is InChI=1S/C24H34BClO5/c1-22(2,3)29-21(27)16-10-8-9-14(20(16)28-7)11-19(26)25-30-18-13-15-12-17(23(15,4)5)24(18,6)31-25/h8-10,15,17-19H,11-13H2,1-7H3/t15-,17-,18+,19-,24-/m0/s1. The molecule has 0 amide bonds. The lowest BCUT2D eigenvalue weighted by molar-refractivity contribution is -0.199. The first-order valence-electron chi connectivity index (χ1n) is 11.2. The van der Waals surface area contributed by atoms with Crippen LogP contribution >= 0.6 is 11.6 Å². The van der Waals surface area contributed by atoms with Gasteiger partial charge in [0, 0.05) is 0 Å². The van der Waals surface area contributed by atoms with Crippen molar-refractivity contribution >= 4 is 24.7 Å². The summed E-state index contributed by atoms with van der Waals surface area (Å²) in [4.78, 5) is 12.7. The molecule has 3 saturated carbocycles. The van der Waals surface area contributed by atoms with Crippen molar-refractivity contribution in [3.63, 3.8) is 0 Å². The highest BCUT2D eigenvalue weighted by Crippen LogP contribution is 2.65. The molecule has 2 bridgehead atoms. The van der Waals surface area contributed by atoms with Crippen molar-refractivity contribution in [1.29, 1.82) is 0 Å². The molecule has 0 radical (unpaired) electrons. The molecule has 170 valence electrons. The van der Waals surface area contributed by atoms with Gasteiger partial charge in [0.15, 0.2) is 0 Å². The molecule has 0 N–H and O–H groups in total. The molecule has 0 aromatic heterocycles. The highest BCUT2D eigenvalue weighted by Gasteiger charge is 2.68. The lowest BCUT2D eigenvalue weighted by Crippen LogP contribution is -2.65. The third-order valence-corrected chi connectivity index (χ3v) is 7.96. The largest absolute Gasteiger partial charge is 0.496 e. The second kappa shape index (κ2) is 7.67. The second-order valence-corrected chi connectivity index (χ2v) is 11.6. The van der Waals surface area contributed by atoms with Crippen LogP contribution in [0.15, 0.2) is 18.2 Å². The van der Waals surface area contributed by atoms with Crippen molar-refractivity contribution in [2.24, 2.45) is 17.3 Å². The van der Waals surface area contributed by atoms with Gasteiger partial charge in [-0.2, -0.15) is 0 Å². The van der Waals surface area contributed by atoms with Crippen LogP contribution in [0.5, 0.6) is 5.75 Å². The molecule has 31 heavy (non-hydrogen) atoms. The van der Waals surface area contributed by atoms with Crippen LogP contribution < -0.4 is 4.74 Å². The summed E-state index contributed by atoms with van der Waals surface area (Å²) >= 11 is 6.83. The lowest BCUT2D eigenvalue weighted by Gasteiger charge is -2.64. The molecule has 5 nitrogen and oxygen atoms in total.